The van der Waals surface area contributed by atoms with Crippen LogP contribution in [0.3, 0.4) is 0 Å². The van der Waals surface area contributed by atoms with Crippen molar-refractivity contribution in [2.75, 3.05) is 5.32 Å². The number of anilines is 2. The quantitative estimate of drug-likeness (QED) is 0.627. The lowest BCUT2D eigenvalue weighted by Crippen LogP contribution is -2.05. The Morgan fingerprint density at radius 2 is 2.04 bits per heavy atom. The Morgan fingerprint density at radius 1 is 1.17 bits per heavy atom. The molecule has 0 atom stereocenters. The molecule has 0 aliphatic heterocycles. The summed E-state index contributed by atoms with van der Waals surface area (Å²) in [5.41, 5.74) is 2.13. The zero-order chi connectivity index (χ0) is 16.5. The van der Waals surface area contributed by atoms with E-state index in [0.29, 0.717) is 23.7 Å². The van der Waals surface area contributed by atoms with Gasteiger partial charge in [-0.15, -0.1) is 0 Å². The minimum Gasteiger partial charge on any atom is -0.355 e. The molecule has 0 aliphatic rings. The second-order valence-electron chi connectivity index (χ2n) is 5.56. The standard InChI is InChI=1S/C17H15FN6/c1-23-7-6-14(11-23)21-17-19-8-13-9-20-24(16(13)22-17)10-12-4-2-3-5-15(12)18/h2-9,11H,10H2,1H3,(H,19,21,22). The second kappa shape index (κ2) is 5.77. The molecular weight excluding hydrogens is 307 g/mol. The molecule has 4 rings (SSSR count). The van der Waals surface area contributed by atoms with Gasteiger partial charge in [0.1, 0.15) is 5.82 Å². The zero-order valence-electron chi connectivity index (χ0n) is 13.0. The van der Waals surface area contributed by atoms with E-state index in [1.165, 1.54) is 6.07 Å². The van der Waals surface area contributed by atoms with E-state index >= 15 is 0 Å². The third-order valence-corrected chi connectivity index (χ3v) is 3.74. The van der Waals surface area contributed by atoms with Crippen LogP contribution < -0.4 is 5.32 Å². The van der Waals surface area contributed by atoms with Gasteiger partial charge in [-0.1, -0.05) is 18.2 Å². The summed E-state index contributed by atoms with van der Waals surface area (Å²) in [6.45, 7) is 0.317. The van der Waals surface area contributed by atoms with Crippen LogP contribution in [-0.4, -0.2) is 24.3 Å². The van der Waals surface area contributed by atoms with Crippen LogP contribution in [0.5, 0.6) is 0 Å². The Kier molecular flexibility index (Phi) is 3.45. The number of halogens is 1. The molecule has 3 aromatic heterocycles. The van der Waals surface area contributed by atoms with Gasteiger partial charge in [0.25, 0.3) is 0 Å². The lowest BCUT2D eigenvalue weighted by atomic mass is 10.2. The van der Waals surface area contributed by atoms with Gasteiger partial charge in [-0.25, -0.2) is 14.1 Å². The number of aryl methyl sites for hydroxylation is 1. The van der Waals surface area contributed by atoms with Gasteiger partial charge < -0.3 is 9.88 Å². The van der Waals surface area contributed by atoms with Crippen molar-refractivity contribution in [3.05, 3.63) is 66.5 Å². The van der Waals surface area contributed by atoms with Crippen LogP contribution >= 0.6 is 0 Å². The van der Waals surface area contributed by atoms with E-state index in [1.54, 1.807) is 29.2 Å². The maximum atomic E-state index is 13.9. The lowest BCUT2D eigenvalue weighted by Gasteiger charge is -2.06. The summed E-state index contributed by atoms with van der Waals surface area (Å²) in [6.07, 6.45) is 7.26. The molecular formula is C17H15FN6. The van der Waals surface area contributed by atoms with E-state index in [1.807, 2.05) is 36.1 Å². The molecule has 24 heavy (non-hydrogen) atoms. The van der Waals surface area contributed by atoms with Crippen molar-refractivity contribution in [3.8, 4) is 0 Å². The maximum absolute atomic E-state index is 13.9. The molecule has 0 aliphatic carbocycles. The van der Waals surface area contributed by atoms with Gasteiger partial charge in [0.2, 0.25) is 5.95 Å². The van der Waals surface area contributed by atoms with Gasteiger partial charge in [-0.2, -0.15) is 10.1 Å². The highest BCUT2D eigenvalue weighted by atomic mass is 19.1. The van der Waals surface area contributed by atoms with Crippen LogP contribution in [-0.2, 0) is 13.6 Å². The minimum atomic E-state index is -0.252. The fourth-order valence-corrected chi connectivity index (χ4v) is 2.54. The van der Waals surface area contributed by atoms with Gasteiger partial charge in [0.05, 0.1) is 23.8 Å². The van der Waals surface area contributed by atoms with Crippen molar-refractivity contribution in [3.63, 3.8) is 0 Å². The molecule has 7 heteroatoms. The van der Waals surface area contributed by atoms with Crippen LogP contribution in [0.4, 0.5) is 16.0 Å². The van der Waals surface area contributed by atoms with Gasteiger partial charge in [0, 0.05) is 31.2 Å². The van der Waals surface area contributed by atoms with Gasteiger partial charge >= 0.3 is 0 Å². The van der Waals surface area contributed by atoms with Crippen molar-refractivity contribution in [1.29, 1.82) is 0 Å². The van der Waals surface area contributed by atoms with Crippen LogP contribution in [0.25, 0.3) is 11.0 Å². The van der Waals surface area contributed by atoms with Crippen LogP contribution in [0.2, 0.25) is 0 Å². The second-order valence-corrected chi connectivity index (χ2v) is 5.56. The van der Waals surface area contributed by atoms with Crippen molar-refractivity contribution in [2.24, 2.45) is 7.05 Å². The molecule has 0 spiro atoms. The Morgan fingerprint density at radius 3 is 2.83 bits per heavy atom. The topological polar surface area (TPSA) is 60.6 Å². The van der Waals surface area contributed by atoms with Crippen molar-refractivity contribution in [2.45, 2.75) is 6.54 Å². The number of aromatic nitrogens is 5. The Bertz CT molecular complexity index is 1000. The van der Waals surface area contributed by atoms with Gasteiger partial charge in [0.15, 0.2) is 5.65 Å². The molecule has 1 N–H and O–H groups in total. The molecule has 0 unspecified atom stereocenters. The molecule has 0 saturated carbocycles. The number of benzene rings is 1. The normalized spacial score (nSPS) is 11.1. The SMILES string of the molecule is Cn1ccc(Nc2ncc3cnn(Cc4ccccc4F)c3n2)c1. The Hall–Kier alpha value is -3.22. The van der Waals surface area contributed by atoms with Crippen LogP contribution in [0.15, 0.2) is 55.1 Å². The lowest BCUT2D eigenvalue weighted by molar-refractivity contribution is 0.589. The summed E-state index contributed by atoms with van der Waals surface area (Å²) in [7, 11) is 1.94. The fraction of sp³-hybridized carbons (Fsp3) is 0.118. The number of nitrogens with zero attached hydrogens (tertiary/aromatic N) is 5. The zero-order valence-corrected chi connectivity index (χ0v) is 13.0. The molecule has 0 bridgehead atoms. The fourth-order valence-electron chi connectivity index (χ4n) is 2.54. The van der Waals surface area contributed by atoms with Crippen molar-refractivity contribution in [1.82, 2.24) is 24.3 Å². The Labute approximate surface area is 137 Å². The summed E-state index contributed by atoms with van der Waals surface area (Å²) in [4.78, 5) is 8.80. The van der Waals surface area contributed by atoms with Crippen molar-refractivity contribution >= 4 is 22.7 Å². The molecule has 0 fully saturated rings. The summed E-state index contributed by atoms with van der Waals surface area (Å²) in [5.74, 6) is 0.224. The molecule has 120 valence electrons. The summed E-state index contributed by atoms with van der Waals surface area (Å²) in [5, 5.41) is 8.26. The first-order valence-corrected chi connectivity index (χ1v) is 7.50. The number of nitrogens with one attached hydrogen (secondary N) is 1. The smallest absolute Gasteiger partial charge is 0.229 e. The van der Waals surface area contributed by atoms with Crippen molar-refractivity contribution < 1.29 is 4.39 Å². The highest BCUT2D eigenvalue weighted by molar-refractivity contribution is 5.75. The first-order valence-electron chi connectivity index (χ1n) is 7.50. The molecule has 0 amide bonds. The van der Waals surface area contributed by atoms with Gasteiger partial charge in [-0.3, -0.25) is 0 Å². The number of hydrogen-bond donors (Lipinski definition) is 1. The van der Waals surface area contributed by atoms with Crippen LogP contribution in [0, 0.1) is 5.82 Å². The number of hydrogen-bond acceptors (Lipinski definition) is 4. The van der Waals surface area contributed by atoms with E-state index in [9.17, 15) is 4.39 Å². The average molecular weight is 322 g/mol. The van der Waals surface area contributed by atoms with E-state index in [4.69, 9.17) is 0 Å². The molecule has 6 nitrogen and oxygen atoms in total. The number of fused-ring (bicyclic) bond motifs is 1. The summed E-state index contributed by atoms with van der Waals surface area (Å²) < 4.78 is 17.5. The van der Waals surface area contributed by atoms with Crippen LogP contribution in [0.1, 0.15) is 5.56 Å². The highest BCUT2D eigenvalue weighted by Gasteiger charge is 2.10. The average Bonchev–Trinajstić information content (AvgIpc) is 3.16. The molecule has 3 heterocycles. The van der Waals surface area contributed by atoms with E-state index < -0.39 is 0 Å². The monoisotopic (exact) mass is 322 g/mol. The Balaban J connectivity index is 1.67. The van der Waals surface area contributed by atoms with E-state index in [-0.39, 0.29) is 5.82 Å². The first kappa shape index (κ1) is 14.4. The third kappa shape index (κ3) is 2.71. The molecule has 0 saturated heterocycles. The molecule has 4 aromatic rings. The third-order valence-electron chi connectivity index (χ3n) is 3.74. The van der Waals surface area contributed by atoms with Gasteiger partial charge in [-0.05, 0) is 12.1 Å². The van der Waals surface area contributed by atoms with E-state index in [0.717, 1.165) is 11.1 Å². The predicted molar refractivity (Wildman–Crippen MR) is 89.5 cm³/mol. The number of rotatable bonds is 4. The summed E-state index contributed by atoms with van der Waals surface area (Å²) in [6, 6.07) is 8.60. The summed E-state index contributed by atoms with van der Waals surface area (Å²) >= 11 is 0. The highest BCUT2D eigenvalue weighted by Crippen LogP contribution is 2.18. The molecule has 0 radical (unpaired) electrons. The predicted octanol–water partition coefficient (Wildman–Crippen LogP) is 3.10. The van der Waals surface area contributed by atoms with E-state index in [2.05, 4.69) is 20.4 Å². The largest absolute Gasteiger partial charge is 0.355 e. The minimum absolute atomic E-state index is 0.252. The first-order chi connectivity index (χ1) is 11.7. The maximum Gasteiger partial charge on any atom is 0.229 e. The molecule has 1 aromatic carbocycles.